The van der Waals surface area contributed by atoms with E-state index < -0.39 is 17.7 Å². The minimum Gasteiger partial charge on any atom is -0.482 e. The largest absolute Gasteiger partial charge is 0.482 e. The van der Waals surface area contributed by atoms with E-state index >= 15 is 4.39 Å². The molecule has 1 atom stereocenters. The van der Waals surface area contributed by atoms with Gasteiger partial charge in [0.15, 0.2) is 17.3 Å². The Morgan fingerprint density at radius 2 is 2.00 bits per heavy atom. The van der Waals surface area contributed by atoms with Gasteiger partial charge in [-0.25, -0.2) is 19.2 Å². The van der Waals surface area contributed by atoms with Gasteiger partial charge in [0.2, 0.25) is 0 Å². The number of ether oxygens (including phenoxy) is 1. The zero-order valence-corrected chi connectivity index (χ0v) is 25.3. The number of halogens is 3. The maximum Gasteiger partial charge on any atom is 0.274 e. The van der Waals surface area contributed by atoms with Gasteiger partial charge >= 0.3 is 0 Å². The number of aromatic nitrogens is 4. The number of benzene rings is 1. The summed E-state index contributed by atoms with van der Waals surface area (Å²) in [4.78, 5) is 28.3. The van der Waals surface area contributed by atoms with Crippen molar-refractivity contribution in [1.82, 2.24) is 24.6 Å². The second-order valence-corrected chi connectivity index (χ2v) is 11.4. The van der Waals surface area contributed by atoms with Crippen LogP contribution in [0.3, 0.4) is 0 Å². The number of anilines is 1. The highest BCUT2D eigenvalue weighted by molar-refractivity contribution is 9.10. The van der Waals surface area contributed by atoms with Crippen LogP contribution in [0.1, 0.15) is 53.0 Å². The number of amides is 1. The van der Waals surface area contributed by atoms with Gasteiger partial charge in [0, 0.05) is 72.9 Å². The van der Waals surface area contributed by atoms with Crippen molar-refractivity contribution in [2.75, 3.05) is 26.7 Å². The summed E-state index contributed by atoms with van der Waals surface area (Å²) < 4.78 is 38.9. The van der Waals surface area contributed by atoms with Crippen molar-refractivity contribution >= 4 is 27.7 Å². The topological polar surface area (TPSA) is 94.4 Å². The number of rotatable bonds is 11. The van der Waals surface area contributed by atoms with Crippen molar-refractivity contribution in [3.05, 3.63) is 87.4 Å². The van der Waals surface area contributed by atoms with Gasteiger partial charge in [0.05, 0.1) is 12.8 Å². The van der Waals surface area contributed by atoms with Gasteiger partial charge in [-0.3, -0.25) is 19.3 Å². The second kappa shape index (κ2) is 12.5. The lowest BCUT2D eigenvalue weighted by molar-refractivity contribution is 0.0820. The molecule has 3 aromatic heterocycles. The average Bonchev–Trinajstić information content (AvgIpc) is 3.68. The molecule has 3 heterocycles. The zero-order valence-electron chi connectivity index (χ0n) is 23.7. The van der Waals surface area contributed by atoms with Gasteiger partial charge in [0.25, 0.3) is 5.91 Å². The summed E-state index contributed by atoms with van der Waals surface area (Å²) in [6.45, 7) is 2.43. The molecule has 0 saturated heterocycles. The van der Waals surface area contributed by atoms with Crippen molar-refractivity contribution in [2.45, 2.75) is 38.8 Å². The highest BCUT2D eigenvalue weighted by Gasteiger charge is 2.27. The molecular weight excluding hydrogens is 610 g/mol. The minimum absolute atomic E-state index is 0.106. The SMILES string of the molecule is CONc1ncc(Br)cc1OC(C)c1cc(F)cc(F)c1-c1ncccc1Cc1cn(CC2CC2)nc1C(=O)N(C)C. The summed E-state index contributed by atoms with van der Waals surface area (Å²) in [5.74, 6) is -0.578. The van der Waals surface area contributed by atoms with Crippen LogP contribution in [0.25, 0.3) is 11.3 Å². The molecule has 1 aliphatic rings. The molecule has 42 heavy (non-hydrogen) atoms. The molecule has 1 saturated carbocycles. The quantitative estimate of drug-likeness (QED) is 0.195. The van der Waals surface area contributed by atoms with Gasteiger partial charge in [-0.2, -0.15) is 5.10 Å². The van der Waals surface area contributed by atoms with Crippen LogP contribution < -0.4 is 10.2 Å². The molecule has 1 amide bonds. The zero-order chi connectivity index (χ0) is 30.0. The molecule has 0 bridgehead atoms. The Labute approximate surface area is 251 Å². The van der Waals surface area contributed by atoms with Gasteiger partial charge in [-0.1, -0.05) is 6.07 Å². The molecule has 0 aliphatic heterocycles. The van der Waals surface area contributed by atoms with E-state index in [1.54, 1.807) is 45.5 Å². The normalized spacial score (nSPS) is 13.6. The van der Waals surface area contributed by atoms with E-state index in [4.69, 9.17) is 9.57 Å². The number of carbonyl (C=O) groups excluding carboxylic acids is 1. The number of hydrogen-bond acceptors (Lipinski definition) is 7. The Bertz CT molecular complexity index is 1610. The number of nitrogens with one attached hydrogen (secondary N) is 1. The maximum atomic E-state index is 15.7. The van der Waals surface area contributed by atoms with E-state index in [0.29, 0.717) is 44.5 Å². The van der Waals surface area contributed by atoms with Gasteiger partial charge in [0.1, 0.15) is 17.7 Å². The van der Waals surface area contributed by atoms with E-state index in [0.717, 1.165) is 25.5 Å². The number of hydrogen-bond donors (Lipinski definition) is 1. The summed E-state index contributed by atoms with van der Waals surface area (Å²) in [5.41, 5.74) is 5.03. The molecule has 220 valence electrons. The highest BCUT2D eigenvalue weighted by atomic mass is 79.9. The predicted octanol–water partition coefficient (Wildman–Crippen LogP) is 6.20. The Kier molecular flexibility index (Phi) is 8.83. The monoisotopic (exact) mass is 640 g/mol. The van der Waals surface area contributed by atoms with Gasteiger partial charge in [-0.15, -0.1) is 0 Å². The number of pyridine rings is 2. The third kappa shape index (κ3) is 6.60. The first-order valence-electron chi connectivity index (χ1n) is 13.5. The lowest BCUT2D eigenvalue weighted by Gasteiger charge is -2.21. The Morgan fingerprint density at radius 1 is 1.21 bits per heavy atom. The summed E-state index contributed by atoms with van der Waals surface area (Å²) in [6, 6.07) is 7.32. The summed E-state index contributed by atoms with van der Waals surface area (Å²) >= 11 is 3.38. The average molecular weight is 642 g/mol. The van der Waals surface area contributed by atoms with Crippen molar-refractivity contribution in [2.24, 2.45) is 5.92 Å². The fourth-order valence-corrected chi connectivity index (χ4v) is 5.07. The molecule has 1 aromatic carbocycles. The fourth-order valence-electron chi connectivity index (χ4n) is 4.76. The van der Waals surface area contributed by atoms with Crippen LogP contribution in [0, 0.1) is 17.6 Å². The minimum atomic E-state index is -0.819. The molecule has 1 unspecified atom stereocenters. The van der Waals surface area contributed by atoms with Crippen molar-refractivity contribution in [3.63, 3.8) is 0 Å². The molecule has 4 aromatic rings. The van der Waals surface area contributed by atoms with Gasteiger partial charge < -0.3 is 9.64 Å². The first-order chi connectivity index (χ1) is 20.1. The summed E-state index contributed by atoms with van der Waals surface area (Å²) in [5, 5.41) is 4.60. The molecule has 1 fully saturated rings. The van der Waals surface area contributed by atoms with Crippen molar-refractivity contribution in [3.8, 4) is 17.0 Å². The third-order valence-corrected chi connectivity index (χ3v) is 7.38. The van der Waals surface area contributed by atoms with E-state index in [1.807, 2.05) is 16.9 Å². The lowest BCUT2D eigenvalue weighted by Crippen LogP contribution is -2.23. The first-order valence-corrected chi connectivity index (χ1v) is 14.3. The Hall–Kier alpha value is -3.90. The van der Waals surface area contributed by atoms with Crippen molar-refractivity contribution in [1.29, 1.82) is 0 Å². The molecule has 0 radical (unpaired) electrons. The molecule has 9 nitrogen and oxygen atoms in total. The van der Waals surface area contributed by atoms with Gasteiger partial charge in [-0.05, 0) is 65.4 Å². The third-order valence-electron chi connectivity index (χ3n) is 6.94. The van der Waals surface area contributed by atoms with Crippen molar-refractivity contribution < 1.29 is 23.1 Å². The predicted molar refractivity (Wildman–Crippen MR) is 157 cm³/mol. The highest BCUT2D eigenvalue weighted by Crippen LogP contribution is 2.37. The number of nitrogens with zero attached hydrogens (tertiary/aromatic N) is 5. The Balaban J connectivity index is 1.55. The van der Waals surface area contributed by atoms with E-state index in [9.17, 15) is 9.18 Å². The van der Waals surface area contributed by atoms with Crippen LogP contribution in [0.15, 0.2) is 53.4 Å². The van der Waals surface area contributed by atoms with E-state index in [1.165, 1.54) is 18.1 Å². The van der Waals surface area contributed by atoms with Crippen LogP contribution in [-0.4, -0.2) is 51.8 Å². The first kappa shape index (κ1) is 29.6. The van der Waals surface area contributed by atoms with Crippen LogP contribution in [-0.2, 0) is 17.8 Å². The standard InChI is InChI=1S/C30H31BrF2N6O3/c1-17(42-25-11-21(31)14-35-29(25)37-41-4)23-12-22(32)13-24(33)26(23)27-19(6-5-9-34-27)10-20-16-39(15-18-7-8-18)36-28(20)30(40)38(2)3/h5-6,9,11-14,16-18H,7-8,10,15H2,1-4H3,(H,35,37). The van der Waals surface area contributed by atoms with E-state index in [2.05, 4.69) is 36.5 Å². The molecule has 1 N–H and O–H groups in total. The maximum absolute atomic E-state index is 15.7. The van der Waals surface area contributed by atoms with Crippen LogP contribution in [0.5, 0.6) is 5.75 Å². The van der Waals surface area contributed by atoms with E-state index in [-0.39, 0.29) is 23.5 Å². The Morgan fingerprint density at radius 3 is 2.71 bits per heavy atom. The number of carbonyl (C=O) groups is 1. The fraction of sp³-hybridized carbons (Fsp3) is 0.333. The van der Waals surface area contributed by atoms with Crippen LogP contribution in [0.4, 0.5) is 14.6 Å². The van der Waals surface area contributed by atoms with Crippen LogP contribution >= 0.6 is 15.9 Å². The summed E-state index contributed by atoms with van der Waals surface area (Å²) in [6.07, 6.45) is 6.73. The summed E-state index contributed by atoms with van der Waals surface area (Å²) in [7, 11) is 4.79. The lowest BCUT2D eigenvalue weighted by atomic mass is 9.93. The smallest absolute Gasteiger partial charge is 0.274 e. The molecule has 5 rings (SSSR count). The molecular formula is C30H31BrF2N6O3. The molecule has 12 heteroatoms. The molecule has 0 spiro atoms. The van der Waals surface area contributed by atoms with Crippen LogP contribution in [0.2, 0.25) is 0 Å². The second-order valence-electron chi connectivity index (χ2n) is 10.5. The molecule has 1 aliphatic carbocycles.